The Balaban J connectivity index is 1.42. The molecular weight excluding hydrogens is 716 g/mol. The number of aryl methyl sites for hydroxylation is 2. The SMILES string of the molecule is Cc1ccc(C)c(OCCc2ccc(C3=C(C(=O)NC(C)Cc4ccccc4Cl)[C@H]4CNCC(C3)N4C(=O)OC(C)(C)C(Cl)(Cl)Cl)cc2)c1C. The smallest absolute Gasteiger partial charge is 0.411 e. The molecule has 0 saturated carbocycles. The summed E-state index contributed by atoms with van der Waals surface area (Å²) in [4.78, 5) is 29.8. The number of hydrogen-bond donors (Lipinski definition) is 2. The summed E-state index contributed by atoms with van der Waals surface area (Å²) in [5.41, 5.74) is 6.44. The summed E-state index contributed by atoms with van der Waals surface area (Å²) >= 11 is 25.0. The molecule has 3 aromatic rings. The average molecular weight is 762 g/mol. The van der Waals surface area contributed by atoms with E-state index in [-0.39, 0.29) is 18.0 Å². The molecule has 2 bridgehead atoms. The number of carbonyl (C=O) groups excluding carboxylic acids is 2. The van der Waals surface area contributed by atoms with Gasteiger partial charge in [0.25, 0.3) is 0 Å². The topological polar surface area (TPSA) is 79.9 Å². The number of nitrogens with zero attached hydrogens (tertiary/aromatic N) is 1. The van der Waals surface area contributed by atoms with Gasteiger partial charge in [-0.05, 0) is 99.4 Å². The van der Waals surface area contributed by atoms with Crippen molar-refractivity contribution in [3.63, 3.8) is 0 Å². The molecule has 0 radical (unpaired) electrons. The maximum absolute atomic E-state index is 14.3. The van der Waals surface area contributed by atoms with Gasteiger partial charge >= 0.3 is 6.09 Å². The molecule has 0 aliphatic carbocycles. The van der Waals surface area contributed by atoms with E-state index in [1.807, 2.05) is 31.2 Å². The lowest BCUT2D eigenvalue weighted by atomic mass is 9.82. The van der Waals surface area contributed by atoms with E-state index in [4.69, 9.17) is 55.9 Å². The molecular formula is C39H45Cl4N3O4. The van der Waals surface area contributed by atoms with Gasteiger partial charge in [-0.25, -0.2) is 4.79 Å². The lowest BCUT2D eigenvalue weighted by molar-refractivity contribution is -0.119. The van der Waals surface area contributed by atoms with Crippen LogP contribution in [0.25, 0.3) is 5.57 Å². The predicted molar refractivity (Wildman–Crippen MR) is 204 cm³/mol. The normalized spacial score (nSPS) is 18.5. The minimum atomic E-state index is -1.86. The molecule has 2 unspecified atom stereocenters. The Kier molecular flexibility index (Phi) is 12.1. The van der Waals surface area contributed by atoms with Gasteiger partial charge in [-0.15, -0.1) is 0 Å². The summed E-state index contributed by atoms with van der Waals surface area (Å²) in [7, 11) is 0. The van der Waals surface area contributed by atoms with Crippen LogP contribution in [0.4, 0.5) is 4.79 Å². The molecule has 2 aliphatic heterocycles. The number of benzene rings is 3. The highest BCUT2D eigenvalue weighted by molar-refractivity contribution is 6.68. The van der Waals surface area contributed by atoms with Crippen LogP contribution in [-0.2, 0) is 22.4 Å². The molecule has 3 aromatic carbocycles. The molecule has 0 spiro atoms. The fourth-order valence-corrected chi connectivity index (χ4v) is 6.93. The first kappa shape index (κ1) is 38.3. The number of nitrogens with one attached hydrogen (secondary N) is 2. The van der Waals surface area contributed by atoms with Crippen LogP contribution in [0.1, 0.15) is 60.6 Å². The summed E-state index contributed by atoms with van der Waals surface area (Å²) in [6.45, 7) is 12.7. The van der Waals surface area contributed by atoms with Gasteiger partial charge in [0.15, 0.2) is 5.60 Å². The van der Waals surface area contributed by atoms with Crippen molar-refractivity contribution in [3.8, 4) is 5.75 Å². The van der Waals surface area contributed by atoms with Crippen molar-refractivity contribution in [2.24, 2.45) is 0 Å². The Bertz CT molecular complexity index is 1750. The second-order valence-corrected chi connectivity index (χ2v) is 16.5. The fourth-order valence-electron chi connectivity index (χ4n) is 6.60. The summed E-state index contributed by atoms with van der Waals surface area (Å²) < 4.78 is 10.2. The van der Waals surface area contributed by atoms with E-state index in [0.717, 1.165) is 45.6 Å². The predicted octanol–water partition coefficient (Wildman–Crippen LogP) is 8.72. The second-order valence-electron chi connectivity index (χ2n) is 13.8. The lowest BCUT2D eigenvalue weighted by Gasteiger charge is -2.48. The number of fused-ring (bicyclic) bond motifs is 2. The van der Waals surface area contributed by atoms with Crippen LogP contribution >= 0.6 is 46.4 Å². The molecule has 50 heavy (non-hydrogen) atoms. The first-order valence-electron chi connectivity index (χ1n) is 16.9. The quantitative estimate of drug-likeness (QED) is 0.202. The minimum absolute atomic E-state index is 0.239. The Labute approximate surface area is 315 Å². The van der Waals surface area contributed by atoms with Crippen LogP contribution in [0.3, 0.4) is 0 Å². The third-order valence-corrected chi connectivity index (χ3v) is 11.4. The standard InChI is InChI=1S/C39H45Cl4N3O4/c1-23-11-12-24(2)35(26(23)4)49-18-17-27-13-15-28(16-14-27)31-20-30-21-44-22-33(46(30)37(48)50-38(5,6)39(41,42)43)34(31)36(47)45-25(3)19-29-9-7-8-10-32(29)40/h7-16,25,30,33,44H,17-22H2,1-6H3,(H,45,47)/t25?,30?,33-/m1/s1. The number of rotatable bonds is 10. The number of alkyl halides is 3. The molecule has 7 nitrogen and oxygen atoms in total. The molecule has 1 fully saturated rings. The van der Waals surface area contributed by atoms with Crippen molar-refractivity contribution >= 4 is 64.0 Å². The summed E-state index contributed by atoms with van der Waals surface area (Å²) in [5, 5.41) is 7.24. The highest BCUT2D eigenvalue weighted by Gasteiger charge is 2.49. The van der Waals surface area contributed by atoms with Gasteiger partial charge in [0.2, 0.25) is 9.70 Å². The van der Waals surface area contributed by atoms with Crippen molar-refractivity contribution in [2.45, 2.75) is 88.3 Å². The van der Waals surface area contributed by atoms with Crippen molar-refractivity contribution in [2.75, 3.05) is 19.7 Å². The van der Waals surface area contributed by atoms with E-state index in [1.165, 1.54) is 5.56 Å². The maximum Gasteiger partial charge on any atom is 0.411 e. The van der Waals surface area contributed by atoms with E-state index >= 15 is 0 Å². The largest absolute Gasteiger partial charge is 0.493 e. The summed E-state index contributed by atoms with van der Waals surface area (Å²) in [5.74, 6) is 0.681. The third kappa shape index (κ3) is 8.56. The van der Waals surface area contributed by atoms with Crippen LogP contribution in [0.2, 0.25) is 5.02 Å². The molecule has 2 aliphatic rings. The van der Waals surface area contributed by atoms with Crippen LogP contribution in [-0.4, -0.2) is 64.1 Å². The van der Waals surface area contributed by atoms with Gasteiger partial charge < -0.3 is 20.1 Å². The van der Waals surface area contributed by atoms with Crippen molar-refractivity contribution in [1.82, 2.24) is 15.5 Å². The fraction of sp³-hybridized carbons (Fsp3) is 0.436. The minimum Gasteiger partial charge on any atom is -0.493 e. The maximum atomic E-state index is 14.3. The van der Waals surface area contributed by atoms with E-state index in [2.05, 4.69) is 67.8 Å². The number of ether oxygens (including phenoxy) is 2. The number of amides is 2. The van der Waals surface area contributed by atoms with Crippen LogP contribution in [0, 0.1) is 20.8 Å². The van der Waals surface area contributed by atoms with Gasteiger partial charge in [-0.2, -0.15) is 0 Å². The number of carbonyl (C=O) groups is 2. The second kappa shape index (κ2) is 15.7. The van der Waals surface area contributed by atoms with Crippen LogP contribution in [0.15, 0.2) is 66.2 Å². The highest BCUT2D eigenvalue weighted by atomic mass is 35.6. The number of piperazine rings is 1. The Morgan fingerprint density at radius 1 is 0.980 bits per heavy atom. The van der Waals surface area contributed by atoms with Gasteiger partial charge in [0.1, 0.15) is 5.75 Å². The van der Waals surface area contributed by atoms with E-state index in [1.54, 1.807) is 18.7 Å². The number of hydrogen-bond acceptors (Lipinski definition) is 5. The third-order valence-electron chi connectivity index (χ3n) is 9.70. The Hall–Kier alpha value is -2.94. The monoisotopic (exact) mass is 759 g/mol. The van der Waals surface area contributed by atoms with Crippen molar-refractivity contribution in [3.05, 3.63) is 105 Å². The molecule has 3 atom stereocenters. The molecule has 0 aromatic heterocycles. The molecule has 11 heteroatoms. The summed E-state index contributed by atoms with van der Waals surface area (Å²) in [6.07, 6.45) is 1.07. The zero-order valence-electron chi connectivity index (χ0n) is 29.3. The van der Waals surface area contributed by atoms with Crippen molar-refractivity contribution in [1.29, 1.82) is 0 Å². The average Bonchev–Trinajstić information content (AvgIpc) is 3.04. The molecule has 2 amide bonds. The Morgan fingerprint density at radius 2 is 1.66 bits per heavy atom. The molecule has 1 saturated heterocycles. The Morgan fingerprint density at radius 3 is 2.34 bits per heavy atom. The molecule has 2 heterocycles. The number of halogens is 4. The van der Waals surface area contributed by atoms with Gasteiger partial charge in [0, 0.05) is 36.1 Å². The molecule has 5 rings (SSSR count). The van der Waals surface area contributed by atoms with Gasteiger partial charge in [-0.1, -0.05) is 101 Å². The van der Waals surface area contributed by atoms with E-state index in [9.17, 15) is 9.59 Å². The van der Waals surface area contributed by atoms with Crippen LogP contribution < -0.4 is 15.4 Å². The first-order chi connectivity index (χ1) is 23.6. The highest BCUT2D eigenvalue weighted by Crippen LogP contribution is 2.42. The van der Waals surface area contributed by atoms with E-state index in [0.29, 0.717) is 43.1 Å². The molecule has 2 N–H and O–H groups in total. The van der Waals surface area contributed by atoms with E-state index < -0.39 is 21.5 Å². The van der Waals surface area contributed by atoms with Crippen LogP contribution in [0.5, 0.6) is 5.75 Å². The lowest BCUT2D eigenvalue weighted by Crippen LogP contribution is -2.64. The molecule has 268 valence electrons. The zero-order chi connectivity index (χ0) is 36.4. The first-order valence-corrected chi connectivity index (χ1v) is 18.4. The van der Waals surface area contributed by atoms with Gasteiger partial charge in [0.05, 0.1) is 18.7 Å². The summed E-state index contributed by atoms with van der Waals surface area (Å²) in [6, 6.07) is 18.9. The van der Waals surface area contributed by atoms with Gasteiger partial charge in [-0.3, -0.25) is 9.69 Å². The zero-order valence-corrected chi connectivity index (χ0v) is 32.4. The van der Waals surface area contributed by atoms with Crippen molar-refractivity contribution < 1.29 is 19.1 Å².